The number of carboxylic acids is 1. The van der Waals surface area contributed by atoms with Crippen LogP contribution in [-0.2, 0) is 22.5 Å². The van der Waals surface area contributed by atoms with Crippen LogP contribution in [0.2, 0.25) is 0 Å². The maximum atomic E-state index is 13.4. The second-order valence-corrected chi connectivity index (χ2v) is 7.63. The van der Waals surface area contributed by atoms with E-state index >= 15 is 0 Å². The second-order valence-electron chi connectivity index (χ2n) is 7.63. The van der Waals surface area contributed by atoms with Crippen LogP contribution in [0.4, 0.5) is 0 Å². The Morgan fingerprint density at radius 1 is 1.07 bits per heavy atom. The summed E-state index contributed by atoms with van der Waals surface area (Å²) in [6, 6.07) is 14.8. The minimum absolute atomic E-state index is 0.0399. The Bertz CT molecular complexity index is 876. The van der Waals surface area contributed by atoms with Gasteiger partial charge in [-0.2, -0.15) is 0 Å². The van der Waals surface area contributed by atoms with E-state index < -0.39 is 5.97 Å². The smallest absolute Gasteiger partial charge is 0.335 e. The monoisotopic (exact) mass is 395 g/mol. The van der Waals surface area contributed by atoms with Crippen molar-refractivity contribution in [1.82, 2.24) is 4.90 Å². The van der Waals surface area contributed by atoms with Crippen molar-refractivity contribution in [2.24, 2.45) is 5.92 Å². The molecule has 2 heterocycles. The molecule has 6 heteroatoms. The number of carbonyl (C=O) groups is 2. The summed E-state index contributed by atoms with van der Waals surface area (Å²) in [6.45, 7) is 1.98. The lowest BCUT2D eigenvalue weighted by Crippen LogP contribution is -2.46. The first-order valence-electron chi connectivity index (χ1n) is 10.0. The van der Waals surface area contributed by atoms with Crippen LogP contribution >= 0.6 is 0 Å². The molecular weight excluding hydrogens is 370 g/mol. The van der Waals surface area contributed by atoms with Crippen molar-refractivity contribution in [3.63, 3.8) is 0 Å². The molecule has 2 aliphatic rings. The molecule has 29 heavy (non-hydrogen) atoms. The first-order valence-corrected chi connectivity index (χ1v) is 10.0. The van der Waals surface area contributed by atoms with E-state index in [0.717, 1.165) is 24.0 Å². The summed E-state index contributed by atoms with van der Waals surface area (Å²) in [5.74, 6) is -0.350. The third kappa shape index (κ3) is 4.43. The maximum absolute atomic E-state index is 13.4. The molecule has 0 saturated carbocycles. The molecule has 1 N–H and O–H groups in total. The number of aromatic carboxylic acids is 1. The van der Waals surface area contributed by atoms with Crippen LogP contribution < -0.4 is 4.74 Å². The van der Waals surface area contributed by atoms with Crippen LogP contribution in [0.3, 0.4) is 0 Å². The van der Waals surface area contributed by atoms with Crippen molar-refractivity contribution in [3.05, 3.63) is 65.2 Å². The first kappa shape index (κ1) is 19.5. The van der Waals surface area contributed by atoms with Crippen LogP contribution in [-0.4, -0.2) is 47.7 Å². The molecule has 0 bridgehead atoms. The molecule has 4 rings (SSSR count). The molecule has 0 unspecified atom stereocenters. The molecule has 0 radical (unpaired) electrons. The van der Waals surface area contributed by atoms with Crippen LogP contribution in [0.5, 0.6) is 5.75 Å². The van der Waals surface area contributed by atoms with Crippen molar-refractivity contribution >= 4 is 11.9 Å². The summed E-state index contributed by atoms with van der Waals surface area (Å²) < 4.78 is 11.4. The zero-order valence-corrected chi connectivity index (χ0v) is 16.3. The second kappa shape index (κ2) is 8.66. The Balaban J connectivity index is 1.63. The van der Waals surface area contributed by atoms with Crippen LogP contribution in [0.1, 0.15) is 34.3 Å². The topological polar surface area (TPSA) is 76.1 Å². The molecule has 0 aliphatic carbocycles. The lowest BCUT2D eigenvalue weighted by Gasteiger charge is -2.34. The molecule has 1 saturated heterocycles. The maximum Gasteiger partial charge on any atom is 0.335 e. The number of carboxylic acid groups (broad SMARTS) is 1. The predicted octanol–water partition coefficient (Wildman–Crippen LogP) is 3.14. The first-order chi connectivity index (χ1) is 14.1. The van der Waals surface area contributed by atoms with Crippen LogP contribution in [0.15, 0.2) is 48.5 Å². The van der Waals surface area contributed by atoms with Gasteiger partial charge in [0.05, 0.1) is 11.6 Å². The van der Waals surface area contributed by atoms with Crippen molar-refractivity contribution in [2.75, 3.05) is 19.8 Å². The fourth-order valence-electron chi connectivity index (χ4n) is 4.03. The number of nitrogens with zero attached hydrogens (tertiary/aromatic N) is 1. The molecule has 1 amide bonds. The summed E-state index contributed by atoms with van der Waals surface area (Å²) in [4.78, 5) is 26.7. The third-order valence-corrected chi connectivity index (χ3v) is 5.69. The van der Waals surface area contributed by atoms with E-state index in [4.69, 9.17) is 9.47 Å². The number of rotatable bonds is 4. The fourth-order valence-corrected chi connectivity index (χ4v) is 4.03. The Labute approximate surface area is 170 Å². The molecule has 2 aromatic rings. The molecule has 0 spiro atoms. The van der Waals surface area contributed by atoms with E-state index in [9.17, 15) is 14.7 Å². The largest absolute Gasteiger partial charge is 0.491 e. The standard InChI is InChI=1S/C23H25NO5/c25-22(17-8-10-28-11-9-17)24-14-19-7-6-18(23(26)27)13-21(19)29-15-20(24)12-16-4-2-1-3-5-16/h1-7,13,17,20H,8-12,14-15H2,(H,26,27)/t20-/m0/s1. The Kier molecular flexibility index (Phi) is 5.81. The van der Waals surface area contributed by atoms with Crippen molar-refractivity contribution < 1.29 is 24.2 Å². The SMILES string of the molecule is O=C(O)c1ccc2c(c1)OC[C@H](Cc1ccccc1)N(C(=O)C1CCOCC1)C2. The minimum atomic E-state index is -0.989. The lowest BCUT2D eigenvalue weighted by atomic mass is 9.96. The van der Waals surface area contributed by atoms with Crippen molar-refractivity contribution in [2.45, 2.75) is 31.8 Å². The van der Waals surface area contributed by atoms with Gasteiger partial charge in [0.2, 0.25) is 5.91 Å². The van der Waals surface area contributed by atoms with E-state index in [-0.39, 0.29) is 23.4 Å². The fraction of sp³-hybridized carbons (Fsp3) is 0.391. The number of ether oxygens (including phenoxy) is 2. The number of hydrogen-bond donors (Lipinski definition) is 1. The predicted molar refractivity (Wildman–Crippen MR) is 107 cm³/mol. The summed E-state index contributed by atoms with van der Waals surface area (Å²) in [5, 5.41) is 9.28. The Morgan fingerprint density at radius 2 is 1.83 bits per heavy atom. The van der Waals surface area contributed by atoms with Gasteiger partial charge in [0.1, 0.15) is 12.4 Å². The van der Waals surface area contributed by atoms with Gasteiger partial charge in [-0.15, -0.1) is 0 Å². The Hall–Kier alpha value is -2.86. The van der Waals surface area contributed by atoms with E-state index in [1.165, 1.54) is 0 Å². The van der Waals surface area contributed by atoms with Gasteiger partial charge in [0, 0.05) is 31.2 Å². The van der Waals surface area contributed by atoms with Gasteiger partial charge in [0.15, 0.2) is 0 Å². The van der Waals surface area contributed by atoms with E-state index in [1.54, 1.807) is 18.2 Å². The Morgan fingerprint density at radius 3 is 2.55 bits per heavy atom. The van der Waals surface area contributed by atoms with E-state index in [2.05, 4.69) is 12.1 Å². The summed E-state index contributed by atoms with van der Waals surface area (Å²) >= 11 is 0. The number of carbonyl (C=O) groups excluding carboxylic acids is 1. The average Bonchev–Trinajstić information content (AvgIpc) is 2.93. The highest BCUT2D eigenvalue weighted by molar-refractivity contribution is 5.88. The van der Waals surface area contributed by atoms with Crippen LogP contribution in [0, 0.1) is 5.92 Å². The van der Waals surface area contributed by atoms with Gasteiger partial charge in [0.25, 0.3) is 0 Å². The highest BCUT2D eigenvalue weighted by Crippen LogP contribution is 2.30. The average molecular weight is 395 g/mol. The lowest BCUT2D eigenvalue weighted by molar-refractivity contribution is -0.142. The number of fused-ring (bicyclic) bond motifs is 1. The molecule has 152 valence electrons. The van der Waals surface area contributed by atoms with Gasteiger partial charge in [-0.25, -0.2) is 4.79 Å². The van der Waals surface area contributed by atoms with E-state index in [0.29, 0.717) is 38.5 Å². The normalized spacial score (nSPS) is 19.7. The van der Waals surface area contributed by atoms with Gasteiger partial charge < -0.3 is 19.5 Å². The summed E-state index contributed by atoms with van der Waals surface area (Å²) in [7, 11) is 0. The number of amides is 1. The highest BCUT2D eigenvalue weighted by atomic mass is 16.5. The number of benzene rings is 2. The molecule has 6 nitrogen and oxygen atoms in total. The molecular formula is C23H25NO5. The zero-order chi connectivity index (χ0) is 20.2. The van der Waals surface area contributed by atoms with Gasteiger partial charge in [-0.05, 0) is 37.0 Å². The molecule has 0 aromatic heterocycles. The third-order valence-electron chi connectivity index (χ3n) is 5.69. The zero-order valence-electron chi connectivity index (χ0n) is 16.3. The summed E-state index contributed by atoms with van der Waals surface area (Å²) in [6.07, 6.45) is 2.16. The molecule has 1 fully saturated rings. The molecule has 2 aliphatic heterocycles. The van der Waals surface area contributed by atoms with E-state index in [1.807, 2.05) is 23.1 Å². The minimum Gasteiger partial charge on any atom is -0.491 e. The van der Waals surface area contributed by atoms with Gasteiger partial charge >= 0.3 is 5.97 Å². The molecule has 1 atom stereocenters. The summed E-state index contributed by atoms with van der Waals surface area (Å²) in [5.41, 5.74) is 2.17. The highest BCUT2D eigenvalue weighted by Gasteiger charge is 2.34. The van der Waals surface area contributed by atoms with Gasteiger partial charge in [-0.1, -0.05) is 36.4 Å². The van der Waals surface area contributed by atoms with Crippen molar-refractivity contribution in [1.29, 1.82) is 0 Å². The van der Waals surface area contributed by atoms with Gasteiger partial charge in [-0.3, -0.25) is 4.79 Å². The van der Waals surface area contributed by atoms with Crippen molar-refractivity contribution in [3.8, 4) is 5.75 Å². The van der Waals surface area contributed by atoms with Crippen LogP contribution in [0.25, 0.3) is 0 Å². The molecule has 2 aromatic carbocycles. The number of hydrogen-bond acceptors (Lipinski definition) is 4. The quantitative estimate of drug-likeness (QED) is 0.861.